The van der Waals surface area contributed by atoms with Crippen LogP contribution in [0, 0.1) is 11.3 Å². The molecule has 3 nitrogen and oxygen atoms in total. The van der Waals surface area contributed by atoms with E-state index < -0.39 is 0 Å². The largest absolute Gasteiger partial charge is 0.379 e. The Kier molecular flexibility index (Phi) is 5.60. The molecule has 0 saturated heterocycles. The molecule has 1 aliphatic carbocycles. The van der Waals surface area contributed by atoms with Gasteiger partial charge in [-0.2, -0.15) is 0 Å². The first-order chi connectivity index (χ1) is 8.06. The summed E-state index contributed by atoms with van der Waals surface area (Å²) in [5, 5.41) is 0. The third-order valence-corrected chi connectivity index (χ3v) is 3.80. The van der Waals surface area contributed by atoms with Gasteiger partial charge in [-0.1, -0.05) is 27.7 Å². The fourth-order valence-electron chi connectivity index (χ4n) is 2.50. The second-order valence-corrected chi connectivity index (χ2v) is 5.32. The van der Waals surface area contributed by atoms with Crippen LogP contribution in [0.2, 0.25) is 0 Å². The quantitative estimate of drug-likeness (QED) is 0.614. The van der Waals surface area contributed by atoms with Crippen LogP contribution in [0.5, 0.6) is 0 Å². The minimum Gasteiger partial charge on any atom is -0.379 e. The van der Waals surface area contributed by atoms with Gasteiger partial charge in [0.15, 0.2) is 0 Å². The van der Waals surface area contributed by atoms with Crippen molar-refractivity contribution in [3.8, 4) is 0 Å². The van der Waals surface area contributed by atoms with E-state index in [0.29, 0.717) is 31.3 Å². The van der Waals surface area contributed by atoms with E-state index in [9.17, 15) is 4.79 Å². The Balaban J connectivity index is 2.22. The van der Waals surface area contributed by atoms with Gasteiger partial charge in [-0.05, 0) is 18.8 Å². The number of ether oxygens (including phenoxy) is 2. The van der Waals surface area contributed by atoms with Crippen molar-refractivity contribution < 1.29 is 14.3 Å². The van der Waals surface area contributed by atoms with E-state index in [1.54, 1.807) is 0 Å². The molecule has 1 saturated carbocycles. The van der Waals surface area contributed by atoms with E-state index in [1.807, 2.05) is 0 Å². The van der Waals surface area contributed by atoms with Crippen molar-refractivity contribution in [1.82, 2.24) is 0 Å². The van der Waals surface area contributed by atoms with Crippen molar-refractivity contribution >= 4 is 5.78 Å². The summed E-state index contributed by atoms with van der Waals surface area (Å²) in [6.45, 7) is 10.4. The fraction of sp³-hybridized carbons (Fsp3) is 0.929. The van der Waals surface area contributed by atoms with Gasteiger partial charge in [-0.3, -0.25) is 4.79 Å². The standard InChI is InChI=1S/C14H26O3/c1-5-14(6-2)12(15)9-13(14)17-8-7-16-10-11(3)4/h11,13H,5-10H2,1-4H3. The highest BCUT2D eigenvalue weighted by atomic mass is 16.5. The summed E-state index contributed by atoms with van der Waals surface area (Å²) in [7, 11) is 0. The van der Waals surface area contributed by atoms with Crippen molar-refractivity contribution in [3.63, 3.8) is 0 Å². The molecule has 0 heterocycles. The van der Waals surface area contributed by atoms with Crippen molar-refractivity contribution in [2.75, 3.05) is 19.8 Å². The van der Waals surface area contributed by atoms with Gasteiger partial charge >= 0.3 is 0 Å². The van der Waals surface area contributed by atoms with Crippen molar-refractivity contribution in [2.24, 2.45) is 11.3 Å². The summed E-state index contributed by atoms with van der Waals surface area (Å²) in [6, 6.07) is 0. The van der Waals surface area contributed by atoms with Crippen LogP contribution in [0.4, 0.5) is 0 Å². The molecule has 0 spiro atoms. The van der Waals surface area contributed by atoms with Gasteiger partial charge in [0.05, 0.1) is 24.7 Å². The lowest BCUT2D eigenvalue weighted by atomic mass is 9.61. The monoisotopic (exact) mass is 242 g/mol. The molecule has 1 atom stereocenters. The van der Waals surface area contributed by atoms with Crippen LogP contribution in [0.25, 0.3) is 0 Å². The van der Waals surface area contributed by atoms with E-state index in [0.717, 1.165) is 19.4 Å². The molecule has 0 aromatic carbocycles. The van der Waals surface area contributed by atoms with Gasteiger partial charge in [0, 0.05) is 13.0 Å². The molecule has 0 amide bonds. The van der Waals surface area contributed by atoms with E-state index in [1.165, 1.54) is 0 Å². The normalized spacial score (nSPS) is 22.9. The molecule has 17 heavy (non-hydrogen) atoms. The molecule has 1 fully saturated rings. The smallest absolute Gasteiger partial charge is 0.144 e. The maximum Gasteiger partial charge on any atom is 0.144 e. The van der Waals surface area contributed by atoms with Crippen molar-refractivity contribution in [1.29, 1.82) is 0 Å². The van der Waals surface area contributed by atoms with Crippen LogP contribution in [0.3, 0.4) is 0 Å². The first-order valence-corrected chi connectivity index (χ1v) is 6.79. The summed E-state index contributed by atoms with van der Waals surface area (Å²) < 4.78 is 11.2. The third kappa shape index (κ3) is 3.29. The summed E-state index contributed by atoms with van der Waals surface area (Å²) in [6.07, 6.45) is 2.48. The first kappa shape index (κ1) is 14.7. The summed E-state index contributed by atoms with van der Waals surface area (Å²) in [5.74, 6) is 0.932. The van der Waals surface area contributed by atoms with Gasteiger partial charge in [-0.15, -0.1) is 0 Å². The zero-order valence-electron chi connectivity index (χ0n) is 11.6. The van der Waals surface area contributed by atoms with Crippen LogP contribution in [0.1, 0.15) is 47.0 Å². The number of carbonyl (C=O) groups is 1. The molecule has 0 N–H and O–H groups in total. The first-order valence-electron chi connectivity index (χ1n) is 6.79. The van der Waals surface area contributed by atoms with Gasteiger partial charge in [0.1, 0.15) is 5.78 Å². The van der Waals surface area contributed by atoms with E-state index in [4.69, 9.17) is 9.47 Å². The minimum atomic E-state index is -0.196. The number of rotatable bonds is 8. The lowest BCUT2D eigenvalue weighted by molar-refractivity contribution is -0.167. The molecule has 1 unspecified atom stereocenters. The molecule has 0 bridgehead atoms. The Labute approximate surface area is 105 Å². The van der Waals surface area contributed by atoms with E-state index >= 15 is 0 Å². The van der Waals surface area contributed by atoms with E-state index in [2.05, 4.69) is 27.7 Å². The number of Topliss-reactive ketones (excluding diaryl/α,β-unsaturated/α-hetero) is 1. The molecule has 0 aromatic heterocycles. The van der Waals surface area contributed by atoms with Crippen molar-refractivity contribution in [3.05, 3.63) is 0 Å². The molecule has 1 rings (SSSR count). The number of hydrogen-bond acceptors (Lipinski definition) is 3. The predicted molar refractivity (Wildman–Crippen MR) is 68.0 cm³/mol. The lowest BCUT2D eigenvalue weighted by Gasteiger charge is -2.46. The zero-order valence-corrected chi connectivity index (χ0v) is 11.6. The second-order valence-electron chi connectivity index (χ2n) is 5.32. The van der Waals surface area contributed by atoms with Gasteiger partial charge < -0.3 is 9.47 Å². The molecule has 0 radical (unpaired) electrons. The van der Waals surface area contributed by atoms with Crippen molar-refractivity contribution in [2.45, 2.75) is 53.1 Å². The molecule has 1 aliphatic rings. The molecule has 0 aromatic rings. The summed E-state index contributed by atoms with van der Waals surface area (Å²) >= 11 is 0. The molecule has 3 heteroatoms. The number of ketones is 1. The Bertz CT molecular complexity index is 244. The highest BCUT2D eigenvalue weighted by molar-refractivity contribution is 5.92. The molecular formula is C14H26O3. The van der Waals surface area contributed by atoms with Gasteiger partial charge in [-0.25, -0.2) is 0 Å². The minimum absolute atomic E-state index is 0.118. The SMILES string of the molecule is CCC1(CC)C(=O)CC1OCCOCC(C)C. The highest BCUT2D eigenvalue weighted by Crippen LogP contribution is 2.45. The maximum atomic E-state index is 11.7. The van der Waals surface area contributed by atoms with Crippen LogP contribution >= 0.6 is 0 Å². The van der Waals surface area contributed by atoms with Gasteiger partial charge in [0.2, 0.25) is 0 Å². The number of carbonyl (C=O) groups excluding carboxylic acids is 1. The lowest BCUT2D eigenvalue weighted by Crippen LogP contribution is -2.54. The van der Waals surface area contributed by atoms with Crippen LogP contribution in [-0.2, 0) is 14.3 Å². The number of hydrogen-bond donors (Lipinski definition) is 0. The zero-order chi connectivity index (χ0) is 12.9. The maximum absolute atomic E-state index is 11.7. The van der Waals surface area contributed by atoms with Gasteiger partial charge in [0.25, 0.3) is 0 Å². The molecular weight excluding hydrogens is 216 g/mol. The molecule has 0 aliphatic heterocycles. The van der Waals surface area contributed by atoms with Crippen LogP contribution in [-0.4, -0.2) is 31.7 Å². The highest BCUT2D eigenvalue weighted by Gasteiger charge is 2.52. The Hall–Kier alpha value is -0.410. The predicted octanol–water partition coefficient (Wildman–Crippen LogP) is 2.82. The average molecular weight is 242 g/mol. The Morgan fingerprint density at radius 3 is 2.41 bits per heavy atom. The van der Waals surface area contributed by atoms with E-state index in [-0.39, 0.29) is 11.5 Å². The fourth-order valence-corrected chi connectivity index (χ4v) is 2.50. The third-order valence-electron chi connectivity index (χ3n) is 3.80. The van der Waals surface area contributed by atoms with Crippen LogP contribution in [0.15, 0.2) is 0 Å². The summed E-state index contributed by atoms with van der Waals surface area (Å²) in [4.78, 5) is 11.7. The molecule has 100 valence electrons. The second kappa shape index (κ2) is 6.50. The average Bonchev–Trinajstić information content (AvgIpc) is 2.28. The Morgan fingerprint density at radius 2 is 1.94 bits per heavy atom. The topological polar surface area (TPSA) is 35.5 Å². The van der Waals surface area contributed by atoms with Crippen LogP contribution < -0.4 is 0 Å². The Morgan fingerprint density at radius 1 is 1.29 bits per heavy atom. The summed E-state index contributed by atoms with van der Waals surface area (Å²) in [5.41, 5.74) is -0.196.